The molecule has 172 valence electrons. The monoisotopic (exact) mass is 537 g/mol. The number of likely N-dealkylation sites (tertiary alicyclic amines) is 1. The van der Waals surface area contributed by atoms with Crippen LogP contribution < -0.4 is 10.6 Å². The van der Waals surface area contributed by atoms with Gasteiger partial charge in [-0.15, -0.1) is 24.0 Å². The van der Waals surface area contributed by atoms with Gasteiger partial charge in [-0.2, -0.15) is 13.2 Å². The van der Waals surface area contributed by atoms with Crippen LogP contribution in [0, 0.1) is 0 Å². The van der Waals surface area contributed by atoms with Gasteiger partial charge < -0.3 is 20.3 Å². The first-order valence-electron chi connectivity index (χ1n) is 9.67. The fraction of sp³-hybridized carbons (Fsp3) is 0.889. The smallest absolute Gasteiger partial charge is 0.410 e. The number of nitrogens with one attached hydrogen (secondary N) is 2. The van der Waals surface area contributed by atoms with Crippen molar-refractivity contribution in [1.29, 1.82) is 0 Å². The zero-order valence-electron chi connectivity index (χ0n) is 17.9. The lowest BCUT2D eigenvalue weighted by Gasteiger charge is -2.27. The van der Waals surface area contributed by atoms with Gasteiger partial charge in [0.2, 0.25) is 0 Å². The first-order valence-corrected chi connectivity index (χ1v) is 9.67. The standard InChI is InChI=1S/C18H34F3N5O2.HI/c1-6-9-26(16(27)28-17(2,3)4)11-8-23-15(22-5)24-14-7-10-25(12-14)13-18(19,20)21;/h14H,6-13H2,1-5H3,(H2,22,23,24);1H. The molecule has 1 unspecified atom stereocenters. The number of rotatable bonds is 7. The minimum atomic E-state index is -4.18. The molecule has 11 heteroatoms. The van der Waals surface area contributed by atoms with Crippen LogP contribution in [0.2, 0.25) is 0 Å². The average molecular weight is 537 g/mol. The molecular weight excluding hydrogens is 502 g/mol. The maximum absolute atomic E-state index is 12.5. The minimum Gasteiger partial charge on any atom is -0.444 e. The quantitative estimate of drug-likeness (QED) is 0.297. The highest BCUT2D eigenvalue weighted by Gasteiger charge is 2.34. The van der Waals surface area contributed by atoms with E-state index < -0.39 is 18.3 Å². The largest absolute Gasteiger partial charge is 0.444 e. The molecule has 1 fully saturated rings. The van der Waals surface area contributed by atoms with Gasteiger partial charge in [-0.25, -0.2) is 4.79 Å². The third-order valence-corrected chi connectivity index (χ3v) is 4.06. The number of nitrogens with zero attached hydrogens (tertiary/aromatic N) is 3. The number of ether oxygens (including phenoxy) is 1. The van der Waals surface area contributed by atoms with Gasteiger partial charge in [-0.3, -0.25) is 9.89 Å². The van der Waals surface area contributed by atoms with Crippen LogP contribution >= 0.6 is 24.0 Å². The lowest BCUT2D eigenvalue weighted by molar-refractivity contribution is -0.143. The molecule has 0 spiro atoms. The van der Waals surface area contributed by atoms with Crippen molar-refractivity contribution in [3.63, 3.8) is 0 Å². The third kappa shape index (κ3) is 12.3. The van der Waals surface area contributed by atoms with Crippen molar-refractivity contribution in [1.82, 2.24) is 20.4 Å². The van der Waals surface area contributed by atoms with Crippen LogP contribution in [0.3, 0.4) is 0 Å². The summed E-state index contributed by atoms with van der Waals surface area (Å²) in [5, 5.41) is 6.26. The van der Waals surface area contributed by atoms with E-state index in [4.69, 9.17) is 4.74 Å². The van der Waals surface area contributed by atoms with E-state index >= 15 is 0 Å². The minimum absolute atomic E-state index is 0. The van der Waals surface area contributed by atoms with Gasteiger partial charge in [0, 0.05) is 45.8 Å². The second kappa shape index (κ2) is 12.7. The van der Waals surface area contributed by atoms with Crippen molar-refractivity contribution in [3.8, 4) is 0 Å². The Labute approximate surface area is 188 Å². The van der Waals surface area contributed by atoms with Gasteiger partial charge >= 0.3 is 12.3 Å². The summed E-state index contributed by atoms with van der Waals surface area (Å²) in [5.74, 6) is 0.513. The Morgan fingerprint density at radius 2 is 1.93 bits per heavy atom. The van der Waals surface area contributed by atoms with E-state index in [-0.39, 0.29) is 36.1 Å². The van der Waals surface area contributed by atoms with E-state index in [0.717, 1.165) is 6.42 Å². The topological polar surface area (TPSA) is 69.2 Å². The van der Waals surface area contributed by atoms with Crippen LogP contribution in [0.4, 0.5) is 18.0 Å². The lowest BCUT2D eigenvalue weighted by atomic mass is 10.2. The highest BCUT2D eigenvalue weighted by molar-refractivity contribution is 14.0. The molecule has 1 rings (SSSR count). The SMILES string of the molecule is CCCN(CCNC(=NC)NC1CCN(CC(F)(F)F)C1)C(=O)OC(C)(C)C.I. The molecular formula is C18H35F3IN5O2. The molecule has 1 saturated heterocycles. The van der Waals surface area contributed by atoms with Crippen LogP contribution in [-0.4, -0.2) is 86.0 Å². The highest BCUT2D eigenvalue weighted by atomic mass is 127. The number of guanidine groups is 1. The van der Waals surface area contributed by atoms with Gasteiger partial charge in [-0.05, 0) is 33.6 Å². The Morgan fingerprint density at radius 3 is 2.45 bits per heavy atom. The van der Waals surface area contributed by atoms with Gasteiger partial charge in [0.05, 0.1) is 6.54 Å². The number of hydrogen-bond donors (Lipinski definition) is 2. The zero-order valence-corrected chi connectivity index (χ0v) is 20.3. The molecule has 0 aliphatic carbocycles. The Hall–Kier alpha value is -0.980. The molecule has 1 heterocycles. The summed E-state index contributed by atoms with van der Waals surface area (Å²) in [6.07, 6.45) is -3.11. The van der Waals surface area contributed by atoms with Crippen LogP contribution in [0.15, 0.2) is 4.99 Å². The van der Waals surface area contributed by atoms with Crippen LogP contribution in [-0.2, 0) is 4.74 Å². The molecule has 0 aromatic heterocycles. The Balaban J connectivity index is 0.00000784. The molecule has 0 bridgehead atoms. The molecule has 1 atom stereocenters. The zero-order chi connectivity index (χ0) is 21.4. The normalized spacial score (nSPS) is 18.2. The van der Waals surface area contributed by atoms with Crippen molar-refractivity contribution in [3.05, 3.63) is 0 Å². The molecule has 0 radical (unpaired) electrons. The lowest BCUT2D eigenvalue weighted by Crippen LogP contribution is -2.48. The number of hydrogen-bond acceptors (Lipinski definition) is 4. The fourth-order valence-corrected chi connectivity index (χ4v) is 2.94. The Bertz CT molecular complexity index is 527. The number of carbonyl (C=O) groups is 1. The Morgan fingerprint density at radius 1 is 1.28 bits per heavy atom. The van der Waals surface area contributed by atoms with Crippen LogP contribution in [0.1, 0.15) is 40.5 Å². The predicted molar refractivity (Wildman–Crippen MR) is 119 cm³/mol. The van der Waals surface area contributed by atoms with Gasteiger partial charge in [0.25, 0.3) is 0 Å². The molecule has 1 aliphatic rings. The van der Waals surface area contributed by atoms with Crippen molar-refractivity contribution < 1.29 is 22.7 Å². The second-order valence-electron chi connectivity index (χ2n) is 7.95. The predicted octanol–water partition coefficient (Wildman–Crippen LogP) is 3.05. The number of aliphatic imine (C=N–C) groups is 1. The fourth-order valence-electron chi connectivity index (χ4n) is 2.94. The van der Waals surface area contributed by atoms with E-state index in [1.54, 1.807) is 11.9 Å². The molecule has 2 N–H and O–H groups in total. The highest BCUT2D eigenvalue weighted by Crippen LogP contribution is 2.19. The summed E-state index contributed by atoms with van der Waals surface area (Å²) in [6.45, 7) is 8.76. The number of halogens is 4. The van der Waals surface area contributed by atoms with Crippen LogP contribution in [0.25, 0.3) is 0 Å². The Kier molecular flexibility index (Phi) is 12.2. The summed E-state index contributed by atoms with van der Waals surface area (Å²) in [7, 11) is 1.61. The van der Waals surface area contributed by atoms with Crippen LogP contribution in [0.5, 0.6) is 0 Å². The van der Waals surface area contributed by atoms with Crippen molar-refractivity contribution in [2.75, 3.05) is 46.3 Å². The first-order chi connectivity index (χ1) is 12.9. The number of carbonyl (C=O) groups excluding carboxylic acids is 1. The summed E-state index contributed by atoms with van der Waals surface area (Å²) >= 11 is 0. The van der Waals surface area contributed by atoms with E-state index in [1.807, 2.05) is 27.7 Å². The van der Waals surface area contributed by atoms with E-state index in [2.05, 4.69) is 15.6 Å². The van der Waals surface area contributed by atoms with E-state index in [0.29, 0.717) is 45.1 Å². The van der Waals surface area contributed by atoms with Gasteiger partial charge in [0.15, 0.2) is 5.96 Å². The number of amides is 1. The van der Waals surface area contributed by atoms with Crippen molar-refractivity contribution in [2.24, 2.45) is 4.99 Å². The van der Waals surface area contributed by atoms with Crippen molar-refractivity contribution in [2.45, 2.75) is 58.4 Å². The van der Waals surface area contributed by atoms with E-state index in [9.17, 15) is 18.0 Å². The molecule has 29 heavy (non-hydrogen) atoms. The first kappa shape index (κ1) is 28.0. The third-order valence-electron chi connectivity index (χ3n) is 4.06. The molecule has 0 aromatic rings. The molecule has 1 aliphatic heterocycles. The maximum atomic E-state index is 12.5. The average Bonchev–Trinajstić information content (AvgIpc) is 2.96. The maximum Gasteiger partial charge on any atom is 0.410 e. The summed E-state index contributed by atoms with van der Waals surface area (Å²) in [4.78, 5) is 19.4. The molecule has 0 saturated carbocycles. The summed E-state index contributed by atoms with van der Waals surface area (Å²) in [5.41, 5.74) is -0.557. The number of alkyl halides is 3. The second-order valence-corrected chi connectivity index (χ2v) is 7.95. The molecule has 7 nitrogen and oxygen atoms in total. The van der Waals surface area contributed by atoms with Crippen molar-refractivity contribution >= 4 is 36.0 Å². The van der Waals surface area contributed by atoms with Gasteiger partial charge in [0.1, 0.15) is 5.60 Å². The molecule has 1 amide bonds. The van der Waals surface area contributed by atoms with Gasteiger partial charge in [-0.1, -0.05) is 6.92 Å². The van der Waals surface area contributed by atoms with E-state index in [1.165, 1.54) is 4.90 Å². The summed E-state index contributed by atoms with van der Waals surface area (Å²) < 4.78 is 42.9. The summed E-state index contributed by atoms with van der Waals surface area (Å²) in [6, 6.07) is -0.0915. The molecule has 0 aromatic carbocycles.